The van der Waals surface area contributed by atoms with Gasteiger partial charge in [0.2, 0.25) is 0 Å². The van der Waals surface area contributed by atoms with Crippen molar-refractivity contribution in [3.63, 3.8) is 0 Å². The molecule has 0 spiro atoms. The van der Waals surface area contributed by atoms with Gasteiger partial charge in [-0.05, 0) is 37.5 Å². The van der Waals surface area contributed by atoms with Gasteiger partial charge in [0, 0.05) is 11.8 Å². The SMILES string of the molecule is C/C=C1\C(=C(/C)OC)CC2C(OC)=CC=CC2C1O.CC. The number of fused-ring (bicyclic) bond motifs is 1. The molecule has 3 nitrogen and oxygen atoms in total. The highest BCUT2D eigenvalue weighted by Gasteiger charge is 2.40. The van der Waals surface area contributed by atoms with Crippen LogP contribution in [0.25, 0.3) is 0 Å². The molecule has 1 fully saturated rings. The first-order chi connectivity index (χ1) is 10.1. The monoisotopic (exact) mass is 292 g/mol. The number of methoxy groups -OCH3 is 2. The van der Waals surface area contributed by atoms with Crippen molar-refractivity contribution in [2.75, 3.05) is 14.2 Å². The van der Waals surface area contributed by atoms with Crippen molar-refractivity contribution in [2.24, 2.45) is 11.8 Å². The van der Waals surface area contributed by atoms with Crippen LogP contribution in [0.15, 0.2) is 47.0 Å². The number of rotatable bonds is 2. The molecule has 3 heteroatoms. The predicted octanol–water partition coefficient (Wildman–Crippen LogP) is 3.98. The fourth-order valence-corrected chi connectivity index (χ4v) is 3.05. The topological polar surface area (TPSA) is 38.7 Å². The van der Waals surface area contributed by atoms with Crippen molar-refractivity contribution >= 4 is 0 Å². The Morgan fingerprint density at radius 3 is 2.52 bits per heavy atom. The van der Waals surface area contributed by atoms with E-state index < -0.39 is 6.10 Å². The lowest BCUT2D eigenvalue weighted by Crippen LogP contribution is -2.37. The van der Waals surface area contributed by atoms with E-state index in [4.69, 9.17) is 9.47 Å². The molecule has 21 heavy (non-hydrogen) atoms. The molecule has 1 saturated carbocycles. The third kappa shape index (κ3) is 3.41. The van der Waals surface area contributed by atoms with Crippen molar-refractivity contribution in [1.29, 1.82) is 0 Å². The van der Waals surface area contributed by atoms with E-state index in [1.54, 1.807) is 14.2 Å². The van der Waals surface area contributed by atoms with E-state index >= 15 is 0 Å². The zero-order valence-electron chi connectivity index (χ0n) is 14.0. The standard InChI is InChI=1S/C16H22O3.C2H6/c1-5-11-13(10(2)18-3)9-14-12(16(11)17)7-6-8-15(14)19-4;1-2/h5-8,12,14,16-17H,9H2,1-4H3;1-2H3/b11-5+,13-10+;. The number of hydrogen-bond acceptors (Lipinski definition) is 3. The number of allylic oxidation sites excluding steroid dienone is 5. The second-order valence-corrected chi connectivity index (χ2v) is 4.97. The summed E-state index contributed by atoms with van der Waals surface area (Å²) in [6.45, 7) is 7.90. The van der Waals surface area contributed by atoms with Gasteiger partial charge in [-0.3, -0.25) is 0 Å². The quantitative estimate of drug-likeness (QED) is 0.782. The molecule has 0 amide bonds. The van der Waals surface area contributed by atoms with Crippen molar-refractivity contribution in [2.45, 2.75) is 40.2 Å². The summed E-state index contributed by atoms with van der Waals surface area (Å²) in [6.07, 6.45) is 8.34. The second kappa shape index (κ2) is 8.08. The third-order valence-electron chi connectivity index (χ3n) is 4.16. The molecular weight excluding hydrogens is 264 g/mol. The molecule has 0 bridgehead atoms. The van der Waals surface area contributed by atoms with E-state index in [2.05, 4.69) is 6.08 Å². The molecular formula is C18H28O3. The van der Waals surface area contributed by atoms with Gasteiger partial charge in [0.1, 0.15) is 0 Å². The van der Waals surface area contributed by atoms with Crippen LogP contribution in [-0.4, -0.2) is 25.4 Å². The summed E-state index contributed by atoms with van der Waals surface area (Å²) in [4.78, 5) is 0. The molecule has 2 aliphatic carbocycles. The summed E-state index contributed by atoms with van der Waals surface area (Å²) in [5, 5.41) is 10.6. The Kier molecular flexibility index (Phi) is 6.76. The molecule has 1 N–H and O–H groups in total. The lowest BCUT2D eigenvalue weighted by atomic mass is 9.69. The maximum atomic E-state index is 10.6. The van der Waals surface area contributed by atoms with E-state index in [-0.39, 0.29) is 11.8 Å². The van der Waals surface area contributed by atoms with Crippen molar-refractivity contribution in [3.8, 4) is 0 Å². The Hall–Kier alpha value is -1.48. The van der Waals surface area contributed by atoms with Gasteiger partial charge in [-0.25, -0.2) is 0 Å². The largest absolute Gasteiger partial charge is 0.501 e. The Morgan fingerprint density at radius 2 is 2.00 bits per heavy atom. The fourth-order valence-electron chi connectivity index (χ4n) is 3.05. The van der Waals surface area contributed by atoms with Crippen LogP contribution in [0.2, 0.25) is 0 Å². The average molecular weight is 292 g/mol. The molecule has 0 saturated heterocycles. The molecule has 0 radical (unpaired) electrons. The van der Waals surface area contributed by atoms with E-state index in [9.17, 15) is 5.11 Å². The van der Waals surface area contributed by atoms with Gasteiger partial charge < -0.3 is 14.6 Å². The summed E-state index contributed by atoms with van der Waals surface area (Å²) >= 11 is 0. The van der Waals surface area contributed by atoms with E-state index in [1.165, 1.54) is 0 Å². The van der Waals surface area contributed by atoms with E-state index in [1.807, 2.05) is 45.9 Å². The number of aliphatic hydroxyl groups excluding tert-OH is 1. The Labute approximate surface area is 128 Å². The molecule has 0 aliphatic heterocycles. The molecule has 0 aromatic rings. The molecule has 118 valence electrons. The van der Waals surface area contributed by atoms with Crippen LogP contribution in [0.3, 0.4) is 0 Å². The highest BCUT2D eigenvalue weighted by atomic mass is 16.5. The predicted molar refractivity (Wildman–Crippen MR) is 86.6 cm³/mol. The average Bonchev–Trinajstić information content (AvgIpc) is 2.55. The zero-order valence-corrected chi connectivity index (χ0v) is 14.0. The van der Waals surface area contributed by atoms with Crippen LogP contribution < -0.4 is 0 Å². The molecule has 3 unspecified atom stereocenters. The lowest BCUT2D eigenvalue weighted by molar-refractivity contribution is 0.0974. The molecule has 0 aromatic carbocycles. The zero-order chi connectivity index (χ0) is 16.0. The first-order valence-corrected chi connectivity index (χ1v) is 7.64. The highest BCUT2D eigenvalue weighted by molar-refractivity contribution is 5.43. The van der Waals surface area contributed by atoms with E-state index in [0.717, 1.165) is 29.1 Å². The summed E-state index contributed by atoms with van der Waals surface area (Å²) < 4.78 is 10.8. The Morgan fingerprint density at radius 1 is 1.33 bits per heavy atom. The first-order valence-electron chi connectivity index (χ1n) is 7.64. The Balaban J connectivity index is 0.00000106. The van der Waals surface area contributed by atoms with Crippen LogP contribution in [0.1, 0.15) is 34.1 Å². The number of aliphatic hydroxyl groups is 1. The maximum Gasteiger partial charge on any atom is 0.0996 e. The summed E-state index contributed by atoms with van der Waals surface area (Å²) in [5.41, 5.74) is 2.07. The van der Waals surface area contributed by atoms with Crippen LogP contribution in [-0.2, 0) is 9.47 Å². The molecule has 0 heterocycles. The third-order valence-corrected chi connectivity index (χ3v) is 4.16. The minimum absolute atomic E-state index is 0.0829. The van der Waals surface area contributed by atoms with Crippen molar-refractivity contribution in [3.05, 3.63) is 47.0 Å². The van der Waals surface area contributed by atoms with Crippen molar-refractivity contribution in [1.82, 2.24) is 0 Å². The maximum absolute atomic E-state index is 10.6. The van der Waals surface area contributed by atoms with Crippen LogP contribution in [0.5, 0.6) is 0 Å². The smallest absolute Gasteiger partial charge is 0.0996 e. The van der Waals surface area contributed by atoms with Gasteiger partial charge in [-0.15, -0.1) is 0 Å². The highest BCUT2D eigenvalue weighted by Crippen LogP contribution is 2.44. The van der Waals surface area contributed by atoms with E-state index in [0.29, 0.717) is 0 Å². The van der Waals surface area contributed by atoms with Gasteiger partial charge in [-0.2, -0.15) is 0 Å². The summed E-state index contributed by atoms with van der Waals surface area (Å²) in [6, 6.07) is 0. The van der Waals surface area contributed by atoms with Crippen molar-refractivity contribution < 1.29 is 14.6 Å². The summed E-state index contributed by atoms with van der Waals surface area (Å²) in [7, 11) is 3.36. The van der Waals surface area contributed by atoms with Crippen LogP contribution in [0.4, 0.5) is 0 Å². The second-order valence-electron chi connectivity index (χ2n) is 4.97. The number of ether oxygens (including phenoxy) is 2. The molecule has 3 atom stereocenters. The van der Waals surface area contributed by atoms with Gasteiger partial charge >= 0.3 is 0 Å². The first kappa shape index (κ1) is 17.6. The minimum atomic E-state index is -0.501. The van der Waals surface area contributed by atoms with Crippen LogP contribution in [0, 0.1) is 11.8 Å². The molecule has 0 aromatic heterocycles. The van der Waals surface area contributed by atoms with Gasteiger partial charge in [0.25, 0.3) is 0 Å². The summed E-state index contributed by atoms with van der Waals surface area (Å²) in [5.74, 6) is 2.08. The van der Waals surface area contributed by atoms with Crippen LogP contribution >= 0.6 is 0 Å². The molecule has 2 rings (SSSR count). The Bertz CT molecular complexity index is 469. The lowest BCUT2D eigenvalue weighted by Gasteiger charge is -2.39. The van der Waals surface area contributed by atoms with Gasteiger partial charge in [-0.1, -0.05) is 32.1 Å². The fraction of sp³-hybridized carbons (Fsp3) is 0.556. The number of hydrogen-bond donors (Lipinski definition) is 1. The van der Waals surface area contributed by atoms with Gasteiger partial charge in [0.05, 0.1) is 31.8 Å². The normalized spacial score (nSPS) is 31.7. The molecule has 2 aliphatic rings. The van der Waals surface area contributed by atoms with Gasteiger partial charge in [0.15, 0.2) is 0 Å². The minimum Gasteiger partial charge on any atom is -0.501 e.